The number of hydrogen-bond acceptors (Lipinski definition) is 2. The van der Waals surface area contributed by atoms with E-state index in [4.69, 9.17) is 11.6 Å². The predicted octanol–water partition coefficient (Wildman–Crippen LogP) is 2.98. The Morgan fingerprint density at radius 3 is 2.60 bits per heavy atom. The largest absolute Gasteiger partial charge is 0.392 e. The van der Waals surface area contributed by atoms with Crippen LogP contribution in [-0.4, -0.2) is 21.0 Å². The van der Waals surface area contributed by atoms with E-state index in [1.807, 2.05) is 25.6 Å². The van der Waals surface area contributed by atoms with Crippen LogP contribution < -0.4 is 0 Å². The number of aliphatic hydroxyl groups excluding tert-OH is 1. The van der Waals surface area contributed by atoms with E-state index >= 15 is 0 Å². The fourth-order valence-electron chi connectivity index (χ4n) is 2.36. The molecule has 0 aliphatic carbocycles. The zero-order valence-corrected chi connectivity index (χ0v) is 12.6. The maximum absolute atomic E-state index is 13.0. The van der Waals surface area contributed by atoms with Crippen LogP contribution in [0.1, 0.15) is 22.5 Å². The van der Waals surface area contributed by atoms with Gasteiger partial charge in [0.05, 0.1) is 11.8 Å². The van der Waals surface area contributed by atoms with Gasteiger partial charge >= 0.3 is 0 Å². The van der Waals surface area contributed by atoms with Gasteiger partial charge in [0.1, 0.15) is 5.82 Å². The molecule has 5 heteroatoms. The fourth-order valence-corrected chi connectivity index (χ4v) is 2.61. The van der Waals surface area contributed by atoms with Crippen LogP contribution in [0.5, 0.6) is 0 Å². The third kappa shape index (κ3) is 3.19. The van der Waals surface area contributed by atoms with Gasteiger partial charge in [-0.1, -0.05) is 17.7 Å². The Bertz CT molecular complexity index is 625. The average molecular weight is 297 g/mol. The molecule has 2 rings (SSSR count). The molecule has 0 saturated carbocycles. The lowest BCUT2D eigenvalue weighted by atomic mass is 10.00. The van der Waals surface area contributed by atoms with E-state index in [-0.39, 0.29) is 5.82 Å². The molecule has 0 amide bonds. The van der Waals surface area contributed by atoms with Gasteiger partial charge in [0.2, 0.25) is 0 Å². The van der Waals surface area contributed by atoms with Crippen molar-refractivity contribution >= 4 is 11.6 Å². The molecule has 20 heavy (non-hydrogen) atoms. The fraction of sp³-hybridized carbons (Fsp3) is 0.400. The van der Waals surface area contributed by atoms with Crippen molar-refractivity contribution in [1.82, 2.24) is 9.78 Å². The van der Waals surface area contributed by atoms with E-state index in [2.05, 4.69) is 5.10 Å². The minimum Gasteiger partial charge on any atom is -0.392 e. The first kappa shape index (κ1) is 15.0. The second-order valence-corrected chi connectivity index (χ2v) is 5.48. The monoisotopic (exact) mass is 296 g/mol. The molecule has 1 aromatic carbocycles. The summed E-state index contributed by atoms with van der Waals surface area (Å²) in [7, 11) is 1.88. The molecule has 1 heterocycles. The van der Waals surface area contributed by atoms with E-state index in [9.17, 15) is 9.50 Å². The summed E-state index contributed by atoms with van der Waals surface area (Å²) in [6, 6.07) is 4.24. The molecule has 0 aliphatic rings. The van der Waals surface area contributed by atoms with Crippen molar-refractivity contribution in [1.29, 1.82) is 0 Å². The second-order valence-electron chi connectivity index (χ2n) is 5.07. The Kier molecular flexibility index (Phi) is 4.45. The van der Waals surface area contributed by atoms with Crippen LogP contribution in [0, 0.1) is 19.7 Å². The Labute approximate surface area is 123 Å². The van der Waals surface area contributed by atoms with E-state index in [1.54, 1.807) is 6.07 Å². The summed E-state index contributed by atoms with van der Waals surface area (Å²) in [5.41, 5.74) is 3.78. The Morgan fingerprint density at radius 1 is 1.35 bits per heavy atom. The van der Waals surface area contributed by atoms with Crippen LogP contribution in [0.15, 0.2) is 18.2 Å². The highest BCUT2D eigenvalue weighted by molar-refractivity contribution is 6.31. The number of aliphatic hydroxyl groups is 1. The number of nitrogens with zero attached hydrogens (tertiary/aromatic N) is 2. The molecular formula is C15H18ClFN2O. The zero-order chi connectivity index (χ0) is 14.9. The van der Waals surface area contributed by atoms with E-state index in [1.165, 1.54) is 12.1 Å². The topological polar surface area (TPSA) is 38.0 Å². The summed E-state index contributed by atoms with van der Waals surface area (Å²) in [6.07, 6.45) is 0.339. The third-order valence-corrected chi connectivity index (χ3v) is 3.92. The van der Waals surface area contributed by atoms with E-state index in [0.717, 1.165) is 22.5 Å². The van der Waals surface area contributed by atoms with E-state index in [0.29, 0.717) is 17.9 Å². The summed E-state index contributed by atoms with van der Waals surface area (Å²) in [5, 5.41) is 14.9. The summed E-state index contributed by atoms with van der Waals surface area (Å²) in [4.78, 5) is 0. The van der Waals surface area contributed by atoms with Gasteiger partial charge in [-0.25, -0.2) is 4.39 Å². The lowest BCUT2D eigenvalue weighted by Gasteiger charge is -2.12. The van der Waals surface area contributed by atoms with Crippen LogP contribution in [0.4, 0.5) is 4.39 Å². The molecule has 3 nitrogen and oxygen atoms in total. The molecule has 2 aromatic rings. The molecule has 0 saturated heterocycles. The normalized spacial score (nSPS) is 12.7. The zero-order valence-electron chi connectivity index (χ0n) is 11.8. The molecule has 0 bridgehead atoms. The van der Waals surface area contributed by atoms with Gasteiger partial charge < -0.3 is 5.11 Å². The summed E-state index contributed by atoms with van der Waals surface area (Å²) in [6.45, 7) is 3.91. The average Bonchev–Trinajstić information content (AvgIpc) is 2.60. The smallest absolute Gasteiger partial charge is 0.124 e. The molecule has 0 radical (unpaired) electrons. The van der Waals surface area contributed by atoms with Gasteiger partial charge in [0.25, 0.3) is 0 Å². The second kappa shape index (κ2) is 5.94. The van der Waals surface area contributed by atoms with Crippen LogP contribution in [0.3, 0.4) is 0 Å². The van der Waals surface area contributed by atoms with E-state index < -0.39 is 6.10 Å². The lowest BCUT2D eigenvalue weighted by Crippen LogP contribution is -2.15. The number of aromatic nitrogens is 2. The van der Waals surface area contributed by atoms with Crippen molar-refractivity contribution < 1.29 is 9.50 Å². The van der Waals surface area contributed by atoms with Crippen LogP contribution in [0.25, 0.3) is 0 Å². The van der Waals surface area contributed by atoms with Gasteiger partial charge in [0.15, 0.2) is 0 Å². The molecule has 0 spiro atoms. The van der Waals surface area contributed by atoms with Crippen molar-refractivity contribution in [2.24, 2.45) is 7.05 Å². The van der Waals surface area contributed by atoms with Crippen LogP contribution >= 0.6 is 11.6 Å². The predicted molar refractivity (Wildman–Crippen MR) is 77.5 cm³/mol. The number of halogens is 2. The molecule has 1 aromatic heterocycles. The quantitative estimate of drug-likeness (QED) is 0.942. The van der Waals surface area contributed by atoms with Crippen LogP contribution in [0.2, 0.25) is 5.02 Å². The molecule has 108 valence electrons. The summed E-state index contributed by atoms with van der Waals surface area (Å²) >= 11 is 5.98. The maximum Gasteiger partial charge on any atom is 0.124 e. The van der Waals surface area contributed by atoms with Crippen molar-refractivity contribution in [2.45, 2.75) is 32.8 Å². The lowest BCUT2D eigenvalue weighted by molar-refractivity contribution is 0.175. The number of aryl methyl sites for hydroxylation is 2. The standard InChI is InChI=1S/C15H18ClFN2O/c1-9-14(10(2)19(3)18-9)8-13(20)6-11-4-5-12(17)7-15(11)16/h4-5,7,13,20H,6,8H2,1-3H3. The number of rotatable bonds is 4. The van der Waals surface area contributed by atoms with Gasteiger partial charge in [-0.2, -0.15) is 5.10 Å². The molecular weight excluding hydrogens is 279 g/mol. The Hall–Kier alpha value is -1.39. The summed E-state index contributed by atoms with van der Waals surface area (Å²) < 4.78 is 14.8. The molecule has 1 N–H and O–H groups in total. The van der Waals surface area contributed by atoms with Crippen molar-refractivity contribution in [2.75, 3.05) is 0 Å². The molecule has 0 fully saturated rings. The van der Waals surface area contributed by atoms with Gasteiger partial charge in [-0.15, -0.1) is 0 Å². The van der Waals surface area contributed by atoms with Gasteiger partial charge in [-0.05, 0) is 37.1 Å². The minimum absolute atomic E-state index is 0.351. The van der Waals surface area contributed by atoms with Crippen molar-refractivity contribution in [3.63, 3.8) is 0 Å². The minimum atomic E-state index is -0.570. The van der Waals surface area contributed by atoms with Crippen LogP contribution in [-0.2, 0) is 19.9 Å². The van der Waals surface area contributed by atoms with Gasteiger partial charge in [0, 0.05) is 30.6 Å². The highest BCUT2D eigenvalue weighted by Gasteiger charge is 2.15. The first-order chi connectivity index (χ1) is 9.38. The van der Waals surface area contributed by atoms with Crippen molar-refractivity contribution in [3.8, 4) is 0 Å². The highest BCUT2D eigenvalue weighted by Crippen LogP contribution is 2.21. The molecule has 1 unspecified atom stereocenters. The third-order valence-electron chi connectivity index (χ3n) is 3.57. The first-order valence-electron chi connectivity index (χ1n) is 6.49. The maximum atomic E-state index is 13.0. The Morgan fingerprint density at radius 2 is 2.05 bits per heavy atom. The van der Waals surface area contributed by atoms with Gasteiger partial charge in [-0.3, -0.25) is 4.68 Å². The first-order valence-corrected chi connectivity index (χ1v) is 6.87. The Balaban J connectivity index is 2.11. The number of hydrogen-bond donors (Lipinski definition) is 1. The highest BCUT2D eigenvalue weighted by atomic mass is 35.5. The SMILES string of the molecule is Cc1nn(C)c(C)c1CC(O)Cc1ccc(F)cc1Cl. The molecule has 1 atom stereocenters. The summed E-state index contributed by atoms with van der Waals surface area (Å²) in [5.74, 6) is -0.368. The molecule has 0 aliphatic heterocycles. The number of benzene rings is 1. The van der Waals surface area contributed by atoms with Crippen molar-refractivity contribution in [3.05, 3.63) is 51.6 Å².